The molecule has 1 rings (SSSR count). The summed E-state index contributed by atoms with van der Waals surface area (Å²) < 4.78 is 0. The molecule has 10 heavy (non-hydrogen) atoms. The van der Waals surface area contributed by atoms with Crippen molar-refractivity contribution in [2.45, 2.75) is 38.8 Å². The average molecular weight is 142 g/mol. The van der Waals surface area contributed by atoms with Crippen LogP contribution in [0.15, 0.2) is 0 Å². The van der Waals surface area contributed by atoms with E-state index in [1.54, 1.807) is 0 Å². The van der Waals surface area contributed by atoms with Crippen LogP contribution in [0.4, 0.5) is 0 Å². The van der Waals surface area contributed by atoms with Crippen LogP contribution in [-0.2, 0) is 0 Å². The molecule has 0 aromatic rings. The summed E-state index contributed by atoms with van der Waals surface area (Å²) in [5, 5.41) is 3.41. The SMILES string of the molecule is CC(C)C[C@@H]1NCC[C@@H]1N. The van der Waals surface area contributed by atoms with Gasteiger partial charge in [-0.05, 0) is 25.3 Å². The standard InChI is InChI=1S/C8H18N2/c1-6(2)5-8-7(9)3-4-10-8/h6-8,10H,3-5,9H2,1-2H3/t7-,8-/m0/s1. The second-order valence-corrected chi connectivity index (χ2v) is 3.64. The molecule has 0 aliphatic carbocycles. The lowest BCUT2D eigenvalue weighted by molar-refractivity contribution is 0.432. The fourth-order valence-corrected chi connectivity index (χ4v) is 1.55. The summed E-state index contributed by atoms with van der Waals surface area (Å²) in [4.78, 5) is 0. The molecule has 3 N–H and O–H groups in total. The van der Waals surface area contributed by atoms with E-state index in [2.05, 4.69) is 19.2 Å². The Labute approximate surface area is 63.2 Å². The third kappa shape index (κ3) is 1.96. The Hall–Kier alpha value is -0.0800. The summed E-state index contributed by atoms with van der Waals surface area (Å²) in [5.41, 5.74) is 5.86. The molecule has 0 bridgehead atoms. The predicted molar refractivity (Wildman–Crippen MR) is 43.8 cm³/mol. The van der Waals surface area contributed by atoms with Crippen LogP contribution >= 0.6 is 0 Å². The first-order chi connectivity index (χ1) is 4.70. The Bertz CT molecular complexity index is 101. The molecule has 0 aromatic heterocycles. The molecular weight excluding hydrogens is 124 g/mol. The van der Waals surface area contributed by atoms with Gasteiger partial charge in [0.15, 0.2) is 0 Å². The molecule has 1 fully saturated rings. The van der Waals surface area contributed by atoms with E-state index in [0.29, 0.717) is 12.1 Å². The van der Waals surface area contributed by atoms with Gasteiger partial charge in [-0.1, -0.05) is 13.8 Å². The summed E-state index contributed by atoms with van der Waals surface area (Å²) >= 11 is 0. The minimum absolute atomic E-state index is 0.405. The van der Waals surface area contributed by atoms with Crippen LogP contribution in [0.2, 0.25) is 0 Å². The molecular formula is C8H18N2. The van der Waals surface area contributed by atoms with Crippen molar-refractivity contribution in [3.63, 3.8) is 0 Å². The Morgan fingerprint density at radius 1 is 1.60 bits per heavy atom. The molecule has 0 saturated carbocycles. The molecule has 0 aromatic carbocycles. The van der Waals surface area contributed by atoms with E-state index >= 15 is 0 Å². The van der Waals surface area contributed by atoms with E-state index < -0.39 is 0 Å². The highest BCUT2D eigenvalue weighted by Crippen LogP contribution is 2.12. The molecule has 0 spiro atoms. The highest BCUT2D eigenvalue weighted by atomic mass is 15.0. The zero-order valence-electron chi connectivity index (χ0n) is 6.93. The molecule has 0 amide bonds. The van der Waals surface area contributed by atoms with Gasteiger partial charge >= 0.3 is 0 Å². The maximum absolute atomic E-state index is 5.86. The summed E-state index contributed by atoms with van der Waals surface area (Å²) in [6.45, 7) is 5.60. The maximum Gasteiger partial charge on any atom is 0.0221 e. The number of hydrogen-bond acceptors (Lipinski definition) is 2. The van der Waals surface area contributed by atoms with Crippen molar-refractivity contribution in [2.24, 2.45) is 11.7 Å². The van der Waals surface area contributed by atoms with Gasteiger partial charge in [-0.25, -0.2) is 0 Å². The first kappa shape index (κ1) is 8.02. The highest BCUT2D eigenvalue weighted by Gasteiger charge is 2.23. The Kier molecular flexibility index (Phi) is 2.69. The van der Waals surface area contributed by atoms with Gasteiger partial charge in [0, 0.05) is 12.1 Å². The van der Waals surface area contributed by atoms with Crippen molar-refractivity contribution in [3.8, 4) is 0 Å². The van der Waals surface area contributed by atoms with Gasteiger partial charge < -0.3 is 11.1 Å². The zero-order valence-corrected chi connectivity index (χ0v) is 6.93. The smallest absolute Gasteiger partial charge is 0.0221 e. The first-order valence-corrected chi connectivity index (χ1v) is 4.19. The van der Waals surface area contributed by atoms with Crippen molar-refractivity contribution in [1.82, 2.24) is 5.32 Å². The lowest BCUT2D eigenvalue weighted by Gasteiger charge is -2.17. The van der Waals surface area contributed by atoms with Gasteiger partial charge in [0.25, 0.3) is 0 Å². The minimum atomic E-state index is 0.405. The van der Waals surface area contributed by atoms with Crippen LogP contribution in [-0.4, -0.2) is 18.6 Å². The fourth-order valence-electron chi connectivity index (χ4n) is 1.55. The highest BCUT2D eigenvalue weighted by molar-refractivity contribution is 4.86. The quantitative estimate of drug-likeness (QED) is 0.596. The molecule has 60 valence electrons. The third-order valence-electron chi connectivity index (χ3n) is 2.13. The maximum atomic E-state index is 5.86. The van der Waals surface area contributed by atoms with Gasteiger partial charge in [0.05, 0.1) is 0 Å². The lowest BCUT2D eigenvalue weighted by atomic mass is 10.00. The van der Waals surface area contributed by atoms with E-state index in [1.807, 2.05) is 0 Å². The molecule has 0 radical (unpaired) electrons. The van der Waals surface area contributed by atoms with Gasteiger partial charge in [-0.2, -0.15) is 0 Å². The number of rotatable bonds is 2. The van der Waals surface area contributed by atoms with E-state index in [1.165, 1.54) is 6.42 Å². The molecule has 2 nitrogen and oxygen atoms in total. The van der Waals surface area contributed by atoms with Crippen LogP contribution < -0.4 is 11.1 Å². The Morgan fingerprint density at radius 2 is 2.30 bits per heavy atom. The molecule has 2 heteroatoms. The number of hydrogen-bond donors (Lipinski definition) is 2. The molecule has 1 aliphatic heterocycles. The zero-order chi connectivity index (χ0) is 7.56. The monoisotopic (exact) mass is 142 g/mol. The van der Waals surface area contributed by atoms with Gasteiger partial charge in [0.1, 0.15) is 0 Å². The molecule has 1 saturated heterocycles. The van der Waals surface area contributed by atoms with Crippen molar-refractivity contribution in [3.05, 3.63) is 0 Å². The normalized spacial score (nSPS) is 33.6. The van der Waals surface area contributed by atoms with Crippen molar-refractivity contribution in [2.75, 3.05) is 6.54 Å². The summed E-state index contributed by atoms with van der Waals surface area (Å²) in [6, 6.07) is 0.988. The molecule has 1 aliphatic rings. The van der Waals surface area contributed by atoms with Gasteiger partial charge in [0.2, 0.25) is 0 Å². The van der Waals surface area contributed by atoms with Crippen molar-refractivity contribution < 1.29 is 0 Å². The van der Waals surface area contributed by atoms with Gasteiger partial charge in [-0.3, -0.25) is 0 Å². The average Bonchev–Trinajstić information content (AvgIpc) is 2.15. The van der Waals surface area contributed by atoms with Crippen LogP contribution in [0.5, 0.6) is 0 Å². The molecule has 1 heterocycles. The third-order valence-corrected chi connectivity index (χ3v) is 2.13. The fraction of sp³-hybridized carbons (Fsp3) is 1.00. The summed E-state index contributed by atoms with van der Waals surface area (Å²) in [5.74, 6) is 0.765. The molecule has 2 atom stereocenters. The number of nitrogens with two attached hydrogens (primary N) is 1. The largest absolute Gasteiger partial charge is 0.326 e. The van der Waals surface area contributed by atoms with E-state index in [0.717, 1.165) is 18.9 Å². The van der Waals surface area contributed by atoms with Gasteiger partial charge in [-0.15, -0.1) is 0 Å². The van der Waals surface area contributed by atoms with Crippen LogP contribution in [0.25, 0.3) is 0 Å². The van der Waals surface area contributed by atoms with E-state index in [4.69, 9.17) is 5.73 Å². The number of nitrogens with one attached hydrogen (secondary N) is 1. The second kappa shape index (κ2) is 3.35. The summed E-state index contributed by atoms with van der Waals surface area (Å²) in [6.07, 6.45) is 2.37. The topological polar surface area (TPSA) is 38.0 Å². The van der Waals surface area contributed by atoms with E-state index in [-0.39, 0.29) is 0 Å². The molecule has 0 unspecified atom stereocenters. The van der Waals surface area contributed by atoms with Crippen molar-refractivity contribution in [1.29, 1.82) is 0 Å². The summed E-state index contributed by atoms with van der Waals surface area (Å²) in [7, 11) is 0. The van der Waals surface area contributed by atoms with Crippen molar-refractivity contribution >= 4 is 0 Å². The minimum Gasteiger partial charge on any atom is -0.326 e. The van der Waals surface area contributed by atoms with Crippen LogP contribution in [0.1, 0.15) is 26.7 Å². The van der Waals surface area contributed by atoms with E-state index in [9.17, 15) is 0 Å². The predicted octanol–water partition coefficient (Wildman–Crippen LogP) is 0.722. The van der Waals surface area contributed by atoms with Crippen LogP contribution in [0.3, 0.4) is 0 Å². The van der Waals surface area contributed by atoms with Crippen LogP contribution in [0, 0.1) is 5.92 Å². The second-order valence-electron chi connectivity index (χ2n) is 3.64. The Balaban J connectivity index is 2.26. The Morgan fingerprint density at radius 3 is 2.70 bits per heavy atom. The first-order valence-electron chi connectivity index (χ1n) is 4.19. The lowest BCUT2D eigenvalue weighted by Crippen LogP contribution is -2.37.